The number of hydrogen-bond acceptors (Lipinski definition) is 11. The lowest BCUT2D eigenvalue weighted by Gasteiger charge is -2.28. The maximum Gasteiger partial charge on any atom is 0.493 e. The van der Waals surface area contributed by atoms with Gasteiger partial charge in [-0.25, -0.2) is 33.2 Å². The first-order chi connectivity index (χ1) is 19.9. The zero-order valence-corrected chi connectivity index (χ0v) is 22.2. The minimum absolute atomic E-state index is 0.0436. The zero-order chi connectivity index (χ0) is 30.2. The average molecular weight is 615 g/mol. The molecule has 5 rings (SSSR count). The predicted molar refractivity (Wildman–Crippen MR) is 134 cm³/mol. The van der Waals surface area contributed by atoms with Gasteiger partial charge in [0, 0.05) is 38.4 Å². The molecule has 222 valence electrons. The molecule has 19 heteroatoms. The number of hydrogen-bond donors (Lipinski definition) is 1. The van der Waals surface area contributed by atoms with Crippen molar-refractivity contribution < 1.29 is 44.7 Å². The van der Waals surface area contributed by atoms with Gasteiger partial charge in [0.2, 0.25) is 5.88 Å². The number of alkyl halides is 3. The number of nitrogens with one attached hydrogen (secondary N) is 1. The third-order valence-corrected chi connectivity index (χ3v) is 7.57. The molecule has 42 heavy (non-hydrogen) atoms. The SMILES string of the molecule is COc1ncc(-n2cc3c(N4CCNCC4)ncnc3n2)cc1N(OC(=O)C(F)(F)F)S(=O)(=O)c1ccc(F)cc1F. The van der Waals surface area contributed by atoms with Crippen LogP contribution in [0.25, 0.3) is 16.7 Å². The molecule has 1 N–H and O–H groups in total. The minimum Gasteiger partial charge on any atom is -0.479 e. The van der Waals surface area contributed by atoms with Crippen LogP contribution >= 0.6 is 0 Å². The van der Waals surface area contributed by atoms with Crippen LogP contribution in [0.5, 0.6) is 5.88 Å². The van der Waals surface area contributed by atoms with Crippen LogP contribution in [0.3, 0.4) is 0 Å². The number of ether oxygens (including phenoxy) is 1. The highest BCUT2D eigenvalue weighted by molar-refractivity contribution is 7.92. The Morgan fingerprint density at radius 1 is 1.10 bits per heavy atom. The number of carbonyl (C=O) groups excluding carboxylic acids is 1. The molecule has 1 fully saturated rings. The molecule has 0 saturated carbocycles. The Balaban J connectivity index is 1.65. The van der Waals surface area contributed by atoms with E-state index in [1.54, 1.807) is 0 Å². The van der Waals surface area contributed by atoms with E-state index in [2.05, 4.69) is 30.2 Å². The van der Waals surface area contributed by atoms with Gasteiger partial charge in [0.1, 0.15) is 28.7 Å². The van der Waals surface area contributed by atoms with E-state index in [0.717, 1.165) is 19.4 Å². The molecule has 1 aromatic carbocycles. The van der Waals surface area contributed by atoms with Gasteiger partial charge in [-0.3, -0.25) is 0 Å². The molecule has 4 aromatic rings. The number of nitrogens with zero attached hydrogens (tertiary/aromatic N) is 7. The first kappa shape index (κ1) is 28.9. The monoisotopic (exact) mass is 614 g/mol. The van der Waals surface area contributed by atoms with E-state index in [0.29, 0.717) is 49.5 Å². The number of sulfonamides is 1. The number of methoxy groups -OCH3 is 1. The van der Waals surface area contributed by atoms with Crippen LogP contribution in [-0.4, -0.2) is 78.6 Å². The first-order valence-electron chi connectivity index (χ1n) is 11.9. The fraction of sp³-hybridized carbons (Fsp3) is 0.261. The summed E-state index contributed by atoms with van der Waals surface area (Å²) in [5.41, 5.74) is -0.667. The second-order valence-electron chi connectivity index (χ2n) is 8.65. The molecular weight excluding hydrogens is 595 g/mol. The van der Waals surface area contributed by atoms with Crippen molar-refractivity contribution in [3.63, 3.8) is 0 Å². The third-order valence-electron chi connectivity index (χ3n) is 5.97. The highest BCUT2D eigenvalue weighted by Gasteiger charge is 2.46. The van der Waals surface area contributed by atoms with Crippen LogP contribution in [-0.2, 0) is 19.7 Å². The second kappa shape index (κ2) is 11.0. The molecule has 0 unspecified atom stereocenters. The minimum atomic E-state index is -5.66. The van der Waals surface area contributed by atoms with E-state index in [-0.39, 0.29) is 17.4 Å². The standard InChI is InChI=1S/C23H19F5N8O5S/c1-40-21-17(36(41-22(37)23(26,27)28)42(38,39)18-3-2-13(24)8-16(18)25)9-14(10-30-21)35-11-15-19(33-35)31-12-32-20(15)34-6-4-29-5-7-34/h2-3,8-12,29H,4-7H2,1H3. The Kier molecular flexibility index (Phi) is 7.54. The van der Waals surface area contributed by atoms with Crippen molar-refractivity contribution in [3.05, 3.63) is 54.6 Å². The highest BCUT2D eigenvalue weighted by atomic mass is 32.2. The second-order valence-corrected chi connectivity index (χ2v) is 10.4. The molecular formula is C23H19F5N8O5S. The van der Waals surface area contributed by atoms with Crippen LogP contribution in [0.2, 0.25) is 0 Å². The number of halogens is 5. The van der Waals surface area contributed by atoms with Crippen molar-refractivity contribution in [2.45, 2.75) is 11.1 Å². The number of rotatable bonds is 7. The van der Waals surface area contributed by atoms with Crippen molar-refractivity contribution in [1.82, 2.24) is 30.0 Å². The van der Waals surface area contributed by atoms with Gasteiger partial charge in [-0.1, -0.05) is 4.47 Å². The smallest absolute Gasteiger partial charge is 0.479 e. The fourth-order valence-electron chi connectivity index (χ4n) is 4.06. The number of benzene rings is 1. The van der Waals surface area contributed by atoms with Gasteiger partial charge in [-0.15, -0.1) is 5.10 Å². The summed E-state index contributed by atoms with van der Waals surface area (Å²) in [5.74, 6) is -5.85. The number of aromatic nitrogens is 5. The molecule has 1 aliphatic heterocycles. The lowest BCUT2D eigenvalue weighted by molar-refractivity contribution is -0.199. The largest absolute Gasteiger partial charge is 0.493 e. The lowest BCUT2D eigenvalue weighted by atomic mass is 10.3. The van der Waals surface area contributed by atoms with Crippen LogP contribution in [0.1, 0.15) is 0 Å². The van der Waals surface area contributed by atoms with Crippen LogP contribution in [0, 0.1) is 11.6 Å². The highest BCUT2D eigenvalue weighted by Crippen LogP contribution is 2.35. The molecule has 4 heterocycles. The summed E-state index contributed by atoms with van der Waals surface area (Å²) in [7, 11) is -4.46. The molecule has 0 aliphatic carbocycles. The molecule has 0 spiro atoms. The molecule has 0 radical (unpaired) electrons. The van der Waals surface area contributed by atoms with Crippen molar-refractivity contribution >= 4 is 38.5 Å². The molecule has 13 nitrogen and oxygen atoms in total. The Labute approximate surface area is 233 Å². The molecule has 3 aromatic heterocycles. The van der Waals surface area contributed by atoms with Gasteiger partial charge >= 0.3 is 12.1 Å². The summed E-state index contributed by atoms with van der Waals surface area (Å²) in [6.07, 6.45) is -1.73. The first-order valence-corrected chi connectivity index (χ1v) is 13.3. The van der Waals surface area contributed by atoms with Gasteiger partial charge in [0.05, 0.1) is 24.4 Å². The molecule has 1 aliphatic rings. The van der Waals surface area contributed by atoms with Crippen LogP contribution in [0.15, 0.2) is 47.9 Å². The summed E-state index contributed by atoms with van der Waals surface area (Å²) in [4.78, 5) is 29.1. The quantitative estimate of drug-likeness (QED) is 0.241. The summed E-state index contributed by atoms with van der Waals surface area (Å²) in [6, 6.07) is 2.12. The number of carbonyl (C=O) groups is 1. The topological polar surface area (TPSA) is 145 Å². The number of fused-ring (bicyclic) bond motifs is 1. The van der Waals surface area contributed by atoms with Gasteiger partial charge in [-0.2, -0.15) is 21.6 Å². The maximum atomic E-state index is 14.5. The Morgan fingerprint density at radius 3 is 2.50 bits per heavy atom. The predicted octanol–water partition coefficient (Wildman–Crippen LogP) is 2.12. The van der Waals surface area contributed by atoms with Gasteiger partial charge < -0.3 is 19.8 Å². The molecule has 0 amide bonds. The van der Waals surface area contributed by atoms with E-state index in [1.807, 2.05) is 4.90 Å². The molecule has 1 saturated heterocycles. The molecule has 0 atom stereocenters. The summed E-state index contributed by atoms with van der Waals surface area (Å²) >= 11 is 0. The fourth-order valence-corrected chi connectivity index (χ4v) is 5.34. The van der Waals surface area contributed by atoms with Gasteiger partial charge in [0.15, 0.2) is 11.3 Å². The van der Waals surface area contributed by atoms with Gasteiger partial charge in [-0.05, 0) is 18.2 Å². The number of anilines is 2. The van der Waals surface area contributed by atoms with E-state index in [4.69, 9.17) is 4.74 Å². The van der Waals surface area contributed by atoms with E-state index >= 15 is 0 Å². The number of pyridine rings is 1. The summed E-state index contributed by atoms with van der Waals surface area (Å²) in [5, 5.41) is 8.04. The van der Waals surface area contributed by atoms with Crippen LogP contribution in [0.4, 0.5) is 33.5 Å². The normalized spacial score (nSPS) is 14.2. The Hall–Kier alpha value is -4.65. The molecule has 0 bridgehead atoms. The van der Waals surface area contributed by atoms with Crippen molar-refractivity contribution in [1.29, 1.82) is 0 Å². The van der Waals surface area contributed by atoms with Gasteiger partial charge in [0.25, 0.3) is 10.0 Å². The average Bonchev–Trinajstić information content (AvgIpc) is 3.40. The Bertz CT molecular complexity index is 1760. The third kappa shape index (κ3) is 5.47. The summed E-state index contributed by atoms with van der Waals surface area (Å²) < 4.78 is 100. The van der Waals surface area contributed by atoms with E-state index in [9.17, 15) is 35.2 Å². The van der Waals surface area contributed by atoms with E-state index < -0.39 is 54.7 Å². The lowest BCUT2D eigenvalue weighted by Crippen LogP contribution is -2.43. The van der Waals surface area contributed by atoms with Crippen molar-refractivity contribution in [2.75, 3.05) is 42.7 Å². The van der Waals surface area contributed by atoms with Crippen molar-refractivity contribution in [2.24, 2.45) is 0 Å². The van der Waals surface area contributed by atoms with Crippen LogP contribution < -0.4 is 19.4 Å². The maximum absolute atomic E-state index is 14.5. The zero-order valence-electron chi connectivity index (χ0n) is 21.3. The van der Waals surface area contributed by atoms with Crippen molar-refractivity contribution in [3.8, 4) is 11.6 Å². The summed E-state index contributed by atoms with van der Waals surface area (Å²) in [6.45, 7) is 2.70. The van der Waals surface area contributed by atoms with E-state index in [1.165, 1.54) is 17.2 Å². The Morgan fingerprint density at radius 2 is 1.83 bits per heavy atom. The number of piperazine rings is 1.